The van der Waals surface area contributed by atoms with Gasteiger partial charge in [0.2, 0.25) is 0 Å². The van der Waals surface area contributed by atoms with Crippen LogP contribution in [0.2, 0.25) is 0 Å². The number of hydrogen-bond donors (Lipinski definition) is 3. The van der Waals surface area contributed by atoms with Crippen molar-refractivity contribution < 1.29 is 14.7 Å². The fourth-order valence-electron chi connectivity index (χ4n) is 2.44. The molecule has 132 valence electrons. The molecule has 0 saturated heterocycles. The molecule has 0 fully saturated rings. The van der Waals surface area contributed by atoms with Crippen LogP contribution in [0.3, 0.4) is 0 Å². The summed E-state index contributed by atoms with van der Waals surface area (Å²) < 4.78 is 6.20. The lowest BCUT2D eigenvalue weighted by Gasteiger charge is -2.13. The Labute approximate surface area is 157 Å². The highest BCUT2D eigenvalue weighted by molar-refractivity contribution is 9.10. The minimum absolute atomic E-state index is 0.295. The van der Waals surface area contributed by atoms with Gasteiger partial charge in [-0.15, -0.1) is 0 Å². The molecule has 0 unspecified atom stereocenters. The smallest absolute Gasteiger partial charge is 0.274 e. The molecule has 0 aliphatic rings. The summed E-state index contributed by atoms with van der Waals surface area (Å²) in [7, 11) is 0. The number of aromatic nitrogens is 1. The van der Waals surface area contributed by atoms with Crippen molar-refractivity contribution in [2.75, 3.05) is 0 Å². The van der Waals surface area contributed by atoms with Gasteiger partial charge >= 0.3 is 0 Å². The molecule has 3 rings (SSSR count). The Hall–Kier alpha value is -2.90. The fraction of sp³-hybridized carbons (Fsp3) is 0.0526. The summed E-state index contributed by atoms with van der Waals surface area (Å²) in [5, 5.41) is 8.70. The van der Waals surface area contributed by atoms with E-state index in [4.69, 9.17) is 9.94 Å². The molecule has 0 spiro atoms. The fourth-order valence-corrected chi connectivity index (χ4v) is 2.88. The first-order chi connectivity index (χ1) is 12.6. The number of amides is 1. The summed E-state index contributed by atoms with van der Waals surface area (Å²) >= 11 is 3.28. The molecule has 26 heavy (non-hydrogen) atoms. The number of hydroxylamine groups is 1. The second-order valence-electron chi connectivity index (χ2n) is 5.47. The van der Waals surface area contributed by atoms with Gasteiger partial charge in [0, 0.05) is 17.3 Å². The predicted molar refractivity (Wildman–Crippen MR) is 100 cm³/mol. The van der Waals surface area contributed by atoms with Crippen molar-refractivity contribution >= 4 is 21.8 Å². The van der Waals surface area contributed by atoms with Crippen molar-refractivity contribution in [2.24, 2.45) is 0 Å². The maximum Gasteiger partial charge on any atom is 0.274 e. The quantitative estimate of drug-likeness (QED) is 0.440. The van der Waals surface area contributed by atoms with E-state index < -0.39 is 5.91 Å². The Bertz CT molecular complexity index is 969. The molecule has 0 radical (unpaired) electrons. The number of hydrogen-bond acceptors (Lipinski definition) is 4. The first kappa shape index (κ1) is 17.9. The third-order valence-corrected chi connectivity index (χ3v) is 4.50. The van der Waals surface area contributed by atoms with E-state index in [1.165, 1.54) is 0 Å². The van der Waals surface area contributed by atoms with Gasteiger partial charge in [0.1, 0.15) is 16.8 Å². The van der Waals surface area contributed by atoms with Gasteiger partial charge in [-0.05, 0) is 39.2 Å². The average molecular weight is 415 g/mol. The number of nitrogens with one attached hydrogen (secondary N) is 2. The van der Waals surface area contributed by atoms with Gasteiger partial charge < -0.3 is 9.72 Å². The molecule has 0 saturated carbocycles. The van der Waals surface area contributed by atoms with Crippen molar-refractivity contribution in [1.82, 2.24) is 10.5 Å². The monoisotopic (exact) mass is 414 g/mol. The molecule has 0 aliphatic carbocycles. The third kappa shape index (κ3) is 3.84. The number of carbonyl (C=O) groups excluding carboxylic acids is 1. The Morgan fingerprint density at radius 2 is 1.81 bits per heavy atom. The van der Waals surface area contributed by atoms with Crippen molar-refractivity contribution in [3.8, 4) is 16.9 Å². The zero-order valence-electron chi connectivity index (χ0n) is 13.5. The topological polar surface area (TPSA) is 91.4 Å². The van der Waals surface area contributed by atoms with E-state index in [0.717, 1.165) is 11.1 Å². The van der Waals surface area contributed by atoms with E-state index in [1.807, 2.05) is 30.3 Å². The summed E-state index contributed by atoms with van der Waals surface area (Å²) in [4.78, 5) is 26.1. The molecule has 0 aliphatic heterocycles. The minimum Gasteiger partial charge on any atom is -0.487 e. The van der Waals surface area contributed by atoms with Crippen molar-refractivity contribution in [3.05, 3.63) is 86.7 Å². The van der Waals surface area contributed by atoms with E-state index in [-0.39, 0.29) is 5.56 Å². The highest BCUT2D eigenvalue weighted by Crippen LogP contribution is 2.34. The molecule has 1 amide bonds. The van der Waals surface area contributed by atoms with Gasteiger partial charge in [-0.3, -0.25) is 14.8 Å². The Morgan fingerprint density at radius 1 is 1.12 bits per heavy atom. The zero-order valence-corrected chi connectivity index (χ0v) is 15.1. The molecule has 3 N–H and O–H groups in total. The van der Waals surface area contributed by atoms with Crippen LogP contribution in [0.4, 0.5) is 0 Å². The Morgan fingerprint density at radius 3 is 2.46 bits per heavy atom. The first-order valence-electron chi connectivity index (χ1n) is 7.73. The summed E-state index contributed by atoms with van der Waals surface area (Å²) in [6.07, 6.45) is 1.56. The van der Waals surface area contributed by atoms with Gasteiger partial charge in [0.25, 0.3) is 11.5 Å². The van der Waals surface area contributed by atoms with Crippen LogP contribution in [-0.2, 0) is 6.61 Å². The van der Waals surface area contributed by atoms with Crippen LogP contribution < -0.4 is 15.8 Å². The lowest BCUT2D eigenvalue weighted by atomic mass is 10.0. The van der Waals surface area contributed by atoms with Crippen molar-refractivity contribution in [2.45, 2.75) is 6.61 Å². The number of carbonyl (C=O) groups is 1. The van der Waals surface area contributed by atoms with Gasteiger partial charge in [0.05, 0.1) is 0 Å². The van der Waals surface area contributed by atoms with Gasteiger partial charge in [0.15, 0.2) is 0 Å². The van der Waals surface area contributed by atoms with E-state index >= 15 is 0 Å². The predicted octanol–water partition coefficient (Wildman–Crippen LogP) is 3.50. The van der Waals surface area contributed by atoms with Crippen LogP contribution in [-0.4, -0.2) is 16.1 Å². The number of benzene rings is 2. The molecule has 2 aromatic carbocycles. The molecule has 3 aromatic rings. The standard InChI is InChI=1S/C19H15BrN2O4/c20-16-17(26-11-12-4-2-1-3-5-12)15(10-21-19(16)24)13-6-8-14(9-7-13)18(23)22-25/h1-10,25H,11H2,(H,21,24)(H,22,23). The van der Waals surface area contributed by atoms with E-state index in [0.29, 0.717) is 28.0 Å². The average Bonchev–Trinajstić information content (AvgIpc) is 2.69. The zero-order chi connectivity index (χ0) is 18.5. The molecule has 1 heterocycles. The van der Waals surface area contributed by atoms with Crippen LogP contribution in [0.5, 0.6) is 5.75 Å². The van der Waals surface area contributed by atoms with Crippen molar-refractivity contribution in [1.29, 1.82) is 0 Å². The maximum atomic E-state index is 12.0. The number of ether oxygens (including phenoxy) is 1. The molecule has 0 bridgehead atoms. The molecule has 0 atom stereocenters. The lowest BCUT2D eigenvalue weighted by Crippen LogP contribution is -2.18. The normalized spacial score (nSPS) is 10.4. The SMILES string of the molecule is O=C(NO)c1ccc(-c2c[nH]c(=O)c(Br)c2OCc2ccccc2)cc1. The highest BCUT2D eigenvalue weighted by Gasteiger charge is 2.15. The lowest BCUT2D eigenvalue weighted by molar-refractivity contribution is 0.0706. The molecule has 7 heteroatoms. The summed E-state index contributed by atoms with van der Waals surface area (Å²) in [5.74, 6) is -0.184. The Kier molecular flexibility index (Phi) is 5.50. The Balaban J connectivity index is 1.95. The molecule has 6 nitrogen and oxygen atoms in total. The van der Waals surface area contributed by atoms with E-state index in [9.17, 15) is 9.59 Å². The number of H-pyrrole nitrogens is 1. The van der Waals surface area contributed by atoms with Crippen LogP contribution in [0, 0.1) is 0 Å². The maximum absolute atomic E-state index is 12.0. The summed E-state index contributed by atoms with van der Waals surface area (Å²) in [6.45, 7) is 0.306. The largest absolute Gasteiger partial charge is 0.487 e. The second-order valence-corrected chi connectivity index (χ2v) is 6.26. The number of aromatic amines is 1. The minimum atomic E-state index is -0.597. The first-order valence-corrected chi connectivity index (χ1v) is 8.52. The third-order valence-electron chi connectivity index (χ3n) is 3.78. The van der Waals surface area contributed by atoms with Crippen LogP contribution >= 0.6 is 15.9 Å². The molecule has 1 aromatic heterocycles. The second kappa shape index (κ2) is 7.99. The van der Waals surface area contributed by atoms with Gasteiger partial charge in [-0.2, -0.15) is 0 Å². The van der Waals surface area contributed by atoms with Crippen LogP contribution in [0.15, 0.2) is 70.1 Å². The van der Waals surface area contributed by atoms with Gasteiger partial charge in [-0.25, -0.2) is 5.48 Å². The summed E-state index contributed by atoms with van der Waals surface area (Å²) in [6, 6.07) is 16.2. The molecular weight excluding hydrogens is 400 g/mol. The number of halogens is 1. The van der Waals surface area contributed by atoms with Gasteiger partial charge in [-0.1, -0.05) is 42.5 Å². The van der Waals surface area contributed by atoms with Crippen LogP contribution in [0.1, 0.15) is 15.9 Å². The highest BCUT2D eigenvalue weighted by atomic mass is 79.9. The van der Waals surface area contributed by atoms with E-state index in [2.05, 4.69) is 20.9 Å². The van der Waals surface area contributed by atoms with Crippen LogP contribution in [0.25, 0.3) is 11.1 Å². The number of rotatable bonds is 5. The van der Waals surface area contributed by atoms with Crippen molar-refractivity contribution in [3.63, 3.8) is 0 Å². The number of pyridine rings is 1. The van der Waals surface area contributed by atoms with E-state index in [1.54, 1.807) is 35.9 Å². The molecular formula is C19H15BrN2O4. The summed E-state index contributed by atoms with van der Waals surface area (Å²) in [5.41, 5.74) is 3.99.